The molecule has 0 bridgehead atoms. The maximum absolute atomic E-state index is 5.26. The number of rotatable bonds is 4. The molecule has 13 heavy (non-hydrogen) atoms. The van der Waals surface area contributed by atoms with Gasteiger partial charge < -0.3 is 8.38 Å². The highest BCUT2D eigenvalue weighted by Gasteiger charge is 2.11. The minimum Gasteiger partial charge on any atom is -0.427 e. The predicted molar refractivity (Wildman–Crippen MR) is 63.2 cm³/mol. The Morgan fingerprint density at radius 3 is 2.69 bits per heavy atom. The molecule has 0 saturated heterocycles. The van der Waals surface area contributed by atoms with Crippen molar-refractivity contribution in [2.75, 3.05) is 7.05 Å². The molecule has 0 amide bonds. The van der Waals surface area contributed by atoms with Crippen molar-refractivity contribution in [3.05, 3.63) is 29.8 Å². The van der Waals surface area contributed by atoms with Crippen LogP contribution < -0.4 is 8.38 Å². The van der Waals surface area contributed by atoms with E-state index in [0.717, 1.165) is 12.2 Å². The second kappa shape index (κ2) is 5.44. The van der Waals surface area contributed by atoms with Gasteiger partial charge in [0, 0.05) is 11.6 Å². The Hall–Kier alpha value is -0.290. The molecule has 1 atom stereocenters. The van der Waals surface area contributed by atoms with Crippen molar-refractivity contribution in [2.24, 2.45) is 0 Å². The van der Waals surface area contributed by atoms with Crippen molar-refractivity contribution in [2.45, 2.75) is 19.4 Å². The van der Waals surface area contributed by atoms with Crippen LogP contribution in [0.15, 0.2) is 24.3 Å². The fraction of sp³-hybridized carbons (Fsp3) is 0.400. The molecule has 0 aliphatic rings. The van der Waals surface area contributed by atoms with Gasteiger partial charge in [0.25, 0.3) is 0 Å². The summed E-state index contributed by atoms with van der Waals surface area (Å²) in [6.07, 6.45) is 1.06. The zero-order valence-electron chi connectivity index (χ0n) is 7.88. The molecule has 0 aliphatic heterocycles. The lowest BCUT2D eigenvalue weighted by atomic mass is 10.0. The Morgan fingerprint density at radius 1 is 1.46 bits per heavy atom. The predicted octanol–water partition coefficient (Wildman–Crippen LogP) is 3.09. The van der Waals surface area contributed by atoms with Gasteiger partial charge in [-0.2, -0.15) is 0 Å². The van der Waals surface area contributed by atoms with Crippen LogP contribution in [0.25, 0.3) is 0 Å². The number of halogens is 1. The normalized spacial score (nSPS) is 12.5. The summed E-state index contributed by atoms with van der Waals surface area (Å²) in [4.78, 5) is 0. The second-order valence-electron chi connectivity index (χ2n) is 2.86. The zero-order valence-corrected chi connectivity index (χ0v) is 10.0. The van der Waals surface area contributed by atoms with Crippen LogP contribution in [0.2, 0.25) is 0 Å². The van der Waals surface area contributed by atoms with Crippen LogP contribution in [-0.4, -0.2) is 7.05 Å². The van der Waals surface area contributed by atoms with E-state index in [1.807, 2.05) is 48.3 Å². The lowest BCUT2D eigenvalue weighted by Gasteiger charge is -2.16. The van der Waals surface area contributed by atoms with Crippen LogP contribution in [0.5, 0.6) is 5.75 Å². The van der Waals surface area contributed by atoms with E-state index in [1.54, 1.807) is 0 Å². The highest BCUT2D eigenvalue weighted by molar-refractivity contribution is 14.1. The summed E-state index contributed by atoms with van der Waals surface area (Å²) in [7, 11) is 1.97. The molecule has 0 fully saturated rings. The first kappa shape index (κ1) is 10.8. The summed E-state index contributed by atoms with van der Waals surface area (Å²) in [6, 6.07) is 8.49. The van der Waals surface area contributed by atoms with Gasteiger partial charge in [-0.1, -0.05) is 25.1 Å². The Morgan fingerprint density at radius 2 is 2.15 bits per heavy atom. The minimum atomic E-state index is 0.381. The number of para-hydroxylation sites is 1. The average molecular weight is 291 g/mol. The van der Waals surface area contributed by atoms with Crippen LogP contribution in [0.3, 0.4) is 0 Å². The zero-order chi connectivity index (χ0) is 9.68. The molecule has 3 heteroatoms. The monoisotopic (exact) mass is 291 g/mol. The van der Waals surface area contributed by atoms with Crippen molar-refractivity contribution in [1.29, 1.82) is 0 Å². The van der Waals surface area contributed by atoms with Crippen molar-refractivity contribution >= 4 is 23.0 Å². The van der Waals surface area contributed by atoms with E-state index in [1.165, 1.54) is 5.56 Å². The first-order chi connectivity index (χ1) is 6.33. The maximum Gasteiger partial charge on any atom is 0.192 e. The molecule has 1 aromatic carbocycles. The largest absolute Gasteiger partial charge is 0.427 e. The van der Waals surface area contributed by atoms with Gasteiger partial charge in [0.1, 0.15) is 5.75 Å². The molecule has 2 nitrogen and oxygen atoms in total. The van der Waals surface area contributed by atoms with Gasteiger partial charge in [-0.3, -0.25) is 0 Å². The number of benzene rings is 1. The molecule has 0 aromatic heterocycles. The van der Waals surface area contributed by atoms with Crippen LogP contribution in [0.4, 0.5) is 0 Å². The van der Waals surface area contributed by atoms with Gasteiger partial charge in [-0.05, 0) is 19.5 Å². The molecule has 0 spiro atoms. The average Bonchev–Trinajstić information content (AvgIpc) is 2.20. The van der Waals surface area contributed by atoms with Crippen molar-refractivity contribution in [3.63, 3.8) is 0 Å². The van der Waals surface area contributed by atoms with E-state index in [-0.39, 0.29) is 0 Å². The molecular formula is C10H14INO. The van der Waals surface area contributed by atoms with Crippen LogP contribution in [0.1, 0.15) is 24.9 Å². The molecule has 1 rings (SSSR count). The summed E-state index contributed by atoms with van der Waals surface area (Å²) in [5.41, 5.74) is 1.22. The Bertz CT molecular complexity index is 261. The van der Waals surface area contributed by atoms with E-state index < -0.39 is 0 Å². The van der Waals surface area contributed by atoms with Crippen molar-refractivity contribution < 1.29 is 3.07 Å². The molecule has 1 aromatic rings. The first-order valence-electron chi connectivity index (χ1n) is 4.38. The van der Waals surface area contributed by atoms with E-state index in [2.05, 4.69) is 18.3 Å². The van der Waals surface area contributed by atoms with Crippen molar-refractivity contribution in [1.82, 2.24) is 5.32 Å². The lowest BCUT2D eigenvalue weighted by Crippen LogP contribution is -2.15. The Balaban J connectivity index is 2.96. The van der Waals surface area contributed by atoms with Gasteiger partial charge in [0.2, 0.25) is 0 Å². The summed E-state index contributed by atoms with van der Waals surface area (Å²) in [5, 5.41) is 3.26. The quantitative estimate of drug-likeness (QED) is 0.861. The molecular weight excluding hydrogens is 277 g/mol. The fourth-order valence-corrected chi connectivity index (χ4v) is 1.82. The molecule has 72 valence electrons. The fourth-order valence-electron chi connectivity index (χ4n) is 1.42. The highest BCUT2D eigenvalue weighted by Crippen LogP contribution is 2.27. The van der Waals surface area contributed by atoms with Crippen LogP contribution >= 0.6 is 23.0 Å². The number of hydrogen-bond donors (Lipinski definition) is 1. The third kappa shape index (κ3) is 2.57. The molecule has 0 radical (unpaired) electrons. The van der Waals surface area contributed by atoms with Gasteiger partial charge in [0.15, 0.2) is 23.0 Å². The molecule has 0 aliphatic carbocycles. The summed E-state index contributed by atoms with van der Waals surface area (Å²) < 4.78 is 5.26. The summed E-state index contributed by atoms with van der Waals surface area (Å²) in [5.74, 6) is 0.948. The van der Waals surface area contributed by atoms with E-state index in [9.17, 15) is 0 Å². The lowest BCUT2D eigenvalue weighted by molar-refractivity contribution is 0.557. The number of hydrogen-bond acceptors (Lipinski definition) is 2. The van der Waals surface area contributed by atoms with E-state index in [4.69, 9.17) is 3.07 Å². The van der Waals surface area contributed by atoms with Crippen molar-refractivity contribution in [3.8, 4) is 5.75 Å². The Kier molecular flexibility index (Phi) is 4.52. The first-order valence-corrected chi connectivity index (χ1v) is 5.26. The molecule has 1 unspecified atom stereocenters. The molecule has 0 saturated carbocycles. The van der Waals surface area contributed by atoms with Gasteiger partial charge in [-0.25, -0.2) is 0 Å². The summed E-state index contributed by atoms with van der Waals surface area (Å²) in [6.45, 7) is 2.16. The SMILES string of the molecule is CCC(NC)c1ccccc1OI. The number of nitrogens with one attached hydrogen (secondary N) is 1. The minimum absolute atomic E-state index is 0.381. The molecule has 0 heterocycles. The third-order valence-corrected chi connectivity index (χ3v) is 2.61. The van der Waals surface area contributed by atoms with E-state index in [0.29, 0.717) is 6.04 Å². The Labute approximate surface area is 93.4 Å². The van der Waals surface area contributed by atoms with Gasteiger partial charge in [0.05, 0.1) is 0 Å². The third-order valence-electron chi connectivity index (χ3n) is 2.13. The van der Waals surface area contributed by atoms with Crippen LogP contribution in [-0.2, 0) is 0 Å². The highest BCUT2D eigenvalue weighted by atomic mass is 127. The smallest absolute Gasteiger partial charge is 0.192 e. The maximum atomic E-state index is 5.26. The van der Waals surface area contributed by atoms with Crippen LogP contribution in [0, 0.1) is 0 Å². The molecule has 1 N–H and O–H groups in total. The van der Waals surface area contributed by atoms with Gasteiger partial charge >= 0.3 is 0 Å². The van der Waals surface area contributed by atoms with Gasteiger partial charge in [-0.15, -0.1) is 0 Å². The topological polar surface area (TPSA) is 21.3 Å². The second-order valence-corrected chi connectivity index (χ2v) is 3.30. The van der Waals surface area contributed by atoms with E-state index >= 15 is 0 Å². The standard InChI is InChI=1S/C10H14INO/c1-3-9(12-2)8-6-4-5-7-10(8)13-11/h4-7,9,12H,3H2,1-2H3. The summed E-state index contributed by atoms with van der Waals surface area (Å²) >= 11 is 1.92.